The third-order valence-electron chi connectivity index (χ3n) is 7.71. The molecule has 2 aliphatic carbocycles. The summed E-state index contributed by atoms with van der Waals surface area (Å²) >= 11 is 0. The van der Waals surface area contributed by atoms with Gasteiger partial charge in [0.05, 0.1) is 18.3 Å². The van der Waals surface area contributed by atoms with E-state index in [2.05, 4.69) is 27.4 Å². The number of alkyl halides is 2. The van der Waals surface area contributed by atoms with Crippen LogP contribution < -0.4 is 5.32 Å². The molecule has 204 valence electrons. The van der Waals surface area contributed by atoms with Crippen LogP contribution in [0.25, 0.3) is 6.08 Å². The minimum Gasteiger partial charge on any atom is -0.322 e. The smallest absolute Gasteiger partial charge is 0.258 e. The first kappa shape index (κ1) is 26.1. The van der Waals surface area contributed by atoms with Crippen molar-refractivity contribution in [1.82, 2.24) is 20.0 Å². The molecule has 1 aromatic heterocycles. The number of carbonyl (C=O) groups excluding carboxylic acids is 2. The van der Waals surface area contributed by atoms with Crippen LogP contribution in [0, 0.1) is 0 Å². The van der Waals surface area contributed by atoms with Crippen LogP contribution in [-0.2, 0) is 24.3 Å². The van der Waals surface area contributed by atoms with Gasteiger partial charge >= 0.3 is 0 Å². The maximum atomic E-state index is 13.5. The molecule has 0 atom stereocenters. The number of nitrogens with one attached hydrogen (secondary N) is 1. The second kappa shape index (κ2) is 10.8. The third-order valence-corrected chi connectivity index (χ3v) is 7.71. The molecule has 1 amide bonds. The summed E-state index contributed by atoms with van der Waals surface area (Å²) in [5.74, 6) is -2.81. The molecule has 6 rings (SSSR count). The Morgan fingerprint density at radius 2 is 1.80 bits per heavy atom. The fourth-order valence-electron chi connectivity index (χ4n) is 5.46. The number of hydrogen-bond donors (Lipinski definition) is 1. The molecule has 1 aliphatic heterocycles. The highest BCUT2D eigenvalue weighted by atomic mass is 19.3. The van der Waals surface area contributed by atoms with Gasteiger partial charge in [0.25, 0.3) is 11.8 Å². The van der Waals surface area contributed by atoms with Crippen LogP contribution in [-0.4, -0.2) is 45.4 Å². The van der Waals surface area contributed by atoms with Gasteiger partial charge in [0, 0.05) is 56.4 Å². The number of aromatic nitrogens is 2. The van der Waals surface area contributed by atoms with Gasteiger partial charge in [0.15, 0.2) is 5.78 Å². The monoisotopic (exact) mass is 540 g/mol. The van der Waals surface area contributed by atoms with E-state index in [9.17, 15) is 18.4 Å². The largest absolute Gasteiger partial charge is 0.322 e. The summed E-state index contributed by atoms with van der Waals surface area (Å²) < 4.78 is 28.7. The highest BCUT2D eigenvalue weighted by Gasteiger charge is 2.34. The van der Waals surface area contributed by atoms with Crippen molar-refractivity contribution >= 4 is 17.8 Å². The van der Waals surface area contributed by atoms with E-state index >= 15 is 0 Å². The summed E-state index contributed by atoms with van der Waals surface area (Å²) in [5, 5.41) is 7.23. The van der Waals surface area contributed by atoms with E-state index in [0.29, 0.717) is 49.4 Å². The average molecular weight is 541 g/mol. The zero-order valence-electron chi connectivity index (χ0n) is 22.1. The number of halogens is 2. The fourth-order valence-corrected chi connectivity index (χ4v) is 5.46. The summed E-state index contributed by atoms with van der Waals surface area (Å²) in [7, 11) is 0. The number of Topliss-reactive ketones (excluding diaryl/α,β-unsaturated/α-hetero) is 1. The van der Waals surface area contributed by atoms with Crippen LogP contribution in [0.3, 0.4) is 0 Å². The van der Waals surface area contributed by atoms with Crippen molar-refractivity contribution in [3.63, 3.8) is 0 Å². The average Bonchev–Trinajstić information content (AvgIpc) is 3.58. The zero-order valence-corrected chi connectivity index (χ0v) is 22.1. The van der Waals surface area contributed by atoms with Crippen molar-refractivity contribution in [2.24, 2.45) is 0 Å². The Bertz CT molecular complexity index is 1540. The predicted octanol–water partition coefficient (Wildman–Crippen LogP) is 5.32. The highest BCUT2D eigenvalue weighted by Crippen LogP contribution is 2.34. The standard InChI is InChI=1S/C32H30F2N4O2/c33-32(34)10-12-37(13-11-32)19-23-6-7-24-15-26(16-25(24)14-23)29-17-28(8-9-30(29)39)36-31(40)27-18-35-38(21-27)20-22-4-2-1-3-5-22/h1-8,14,16-18,21H,9-13,15,19-20H2,(H,36,40). The number of nitrogens with zero attached hydrogens (tertiary/aromatic N) is 3. The second-order valence-electron chi connectivity index (χ2n) is 10.7. The van der Waals surface area contributed by atoms with Crippen molar-refractivity contribution in [3.8, 4) is 0 Å². The van der Waals surface area contributed by atoms with Crippen LogP contribution in [0.15, 0.2) is 89.9 Å². The number of piperidine rings is 1. The molecule has 2 aromatic carbocycles. The van der Waals surface area contributed by atoms with Crippen molar-refractivity contribution in [2.45, 2.75) is 44.7 Å². The number of rotatable bonds is 7. The lowest BCUT2D eigenvalue weighted by Crippen LogP contribution is -2.38. The summed E-state index contributed by atoms with van der Waals surface area (Å²) in [4.78, 5) is 27.8. The minimum absolute atomic E-state index is 0.0159. The van der Waals surface area contributed by atoms with Crippen LogP contribution in [0.5, 0.6) is 0 Å². The van der Waals surface area contributed by atoms with Crippen molar-refractivity contribution in [1.29, 1.82) is 0 Å². The van der Waals surface area contributed by atoms with E-state index in [-0.39, 0.29) is 31.0 Å². The molecule has 0 unspecified atom stereocenters. The van der Waals surface area contributed by atoms with Crippen molar-refractivity contribution < 1.29 is 18.4 Å². The van der Waals surface area contributed by atoms with Gasteiger partial charge in [-0.3, -0.25) is 19.2 Å². The lowest BCUT2D eigenvalue weighted by atomic mass is 9.93. The van der Waals surface area contributed by atoms with Crippen molar-refractivity contribution in [2.75, 3.05) is 13.1 Å². The van der Waals surface area contributed by atoms with Gasteiger partial charge in [-0.25, -0.2) is 8.78 Å². The quantitative estimate of drug-likeness (QED) is 0.441. The lowest BCUT2D eigenvalue weighted by molar-refractivity contribution is -0.114. The van der Waals surface area contributed by atoms with Gasteiger partial charge < -0.3 is 5.32 Å². The summed E-state index contributed by atoms with van der Waals surface area (Å²) in [5.41, 5.74) is 6.91. The topological polar surface area (TPSA) is 67.2 Å². The third kappa shape index (κ3) is 5.87. The Kier molecular flexibility index (Phi) is 7.02. The summed E-state index contributed by atoms with van der Waals surface area (Å²) in [6, 6.07) is 16.1. The highest BCUT2D eigenvalue weighted by molar-refractivity contribution is 6.04. The summed E-state index contributed by atoms with van der Waals surface area (Å²) in [6.07, 6.45) is 9.44. The molecule has 40 heavy (non-hydrogen) atoms. The summed E-state index contributed by atoms with van der Waals surface area (Å²) in [6.45, 7) is 1.98. The Labute approximate surface area is 231 Å². The van der Waals surface area contributed by atoms with Gasteiger partial charge in [0.2, 0.25) is 0 Å². The molecular weight excluding hydrogens is 510 g/mol. The molecular formula is C32H30F2N4O2. The lowest BCUT2D eigenvalue weighted by Gasteiger charge is -2.31. The SMILES string of the molecule is O=C1CC=C(NC(=O)c2cnn(Cc3ccccc3)c2)C=C1C1=Cc2cc(CN3CCC(F)(F)CC3)ccc2C1. The van der Waals surface area contributed by atoms with Gasteiger partial charge in [0.1, 0.15) is 0 Å². The second-order valence-corrected chi connectivity index (χ2v) is 10.7. The molecule has 1 N–H and O–H groups in total. The number of hydrogen-bond acceptors (Lipinski definition) is 4. The van der Waals surface area contributed by atoms with Crippen LogP contribution in [0.4, 0.5) is 8.78 Å². The van der Waals surface area contributed by atoms with Crippen LogP contribution >= 0.6 is 0 Å². The van der Waals surface area contributed by atoms with E-state index in [0.717, 1.165) is 27.8 Å². The van der Waals surface area contributed by atoms with E-state index in [1.807, 2.05) is 42.5 Å². The van der Waals surface area contributed by atoms with E-state index in [4.69, 9.17) is 0 Å². The number of allylic oxidation sites excluding steroid dienone is 4. The number of ketones is 1. The van der Waals surface area contributed by atoms with Gasteiger partial charge in [-0.1, -0.05) is 60.7 Å². The molecule has 2 heterocycles. The molecule has 0 saturated carbocycles. The molecule has 0 radical (unpaired) electrons. The maximum Gasteiger partial charge on any atom is 0.258 e. The van der Waals surface area contributed by atoms with Crippen molar-refractivity contribution in [3.05, 3.63) is 118 Å². The number of likely N-dealkylation sites (tertiary alicyclic amines) is 1. The van der Waals surface area contributed by atoms with Gasteiger partial charge in [-0.05, 0) is 40.3 Å². The Morgan fingerprint density at radius 3 is 2.60 bits per heavy atom. The van der Waals surface area contributed by atoms with Gasteiger partial charge in [-0.2, -0.15) is 5.10 Å². The molecule has 0 spiro atoms. The normalized spacial score (nSPS) is 18.6. The first-order chi connectivity index (χ1) is 19.3. The Morgan fingerprint density at radius 1 is 1.00 bits per heavy atom. The first-order valence-corrected chi connectivity index (χ1v) is 13.6. The van der Waals surface area contributed by atoms with Gasteiger partial charge in [-0.15, -0.1) is 0 Å². The fraction of sp³-hybridized carbons (Fsp3) is 0.281. The van der Waals surface area contributed by atoms with Crippen LogP contribution in [0.1, 0.15) is 51.9 Å². The molecule has 3 aliphatic rings. The molecule has 0 bridgehead atoms. The van der Waals surface area contributed by atoms with E-state index < -0.39 is 5.92 Å². The first-order valence-electron chi connectivity index (χ1n) is 13.6. The molecule has 1 fully saturated rings. The maximum absolute atomic E-state index is 13.5. The predicted molar refractivity (Wildman–Crippen MR) is 149 cm³/mol. The van der Waals surface area contributed by atoms with E-state index in [1.165, 1.54) is 0 Å². The van der Waals surface area contributed by atoms with Crippen LogP contribution in [0.2, 0.25) is 0 Å². The number of fused-ring (bicyclic) bond motifs is 1. The Balaban J connectivity index is 1.11. The number of benzene rings is 2. The minimum atomic E-state index is -2.55. The number of carbonyl (C=O) groups is 2. The number of amides is 1. The molecule has 3 aromatic rings. The molecule has 1 saturated heterocycles. The molecule has 6 nitrogen and oxygen atoms in total. The zero-order chi connectivity index (χ0) is 27.7. The van der Waals surface area contributed by atoms with E-state index in [1.54, 1.807) is 29.2 Å². The Hall–Kier alpha value is -4.17. The molecule has 8 heteroatoms.